The van der Waals surface area contributed by atoms with Crippen molar-refractivity contribution in [2.24, 2.45) is 12.0 Å². The summed E-state index contributed by atoms with van der Waals surface area (Å²) in [6.07, 6.45) is 10.8. The van der Waals surface area contributed by atoms with E-state index in [0.717, 1.165) is 42.7 Å². The number of imidazole rings is 1. The predicted molar refractivity (Wildman–Crippen MR) is 124 cm³/mol. The highest BCUT2D eigenvalue weighted by atomic mass is 127. The van der Waals surface area contributed by atoms with Gasteiger partial charge in [-0.05, 0) is 30.5 Å². The van der Waals surface area contributed by atoms with Crippen LogP contribution in [0.1, 0.15) is 29.3 Å². The Kier molecular flexibility index (Phi) is 6.88. The Labute approximate surface area is 188 Å². The van der Waals surface area contributed by atoms with Crippen LogP contribution in [0.3, 0.4) is 0 Å². The zero-order chi connectivity index (χ0) is 19.5. The molecule has 29 heavy (non-hydrogen) atoms. The number of nitrogens with one attached hydrogen (secondary N) is 1. The first-order chi connectivity index (χ1) is 13.6. The lowest BCUT2D eigenvalue weighted by Crippen LogP contribution is -2.39. The minimum absolute atomic E-state index is 0. The first-order valence-corrected chi connectivity index (χ1v) is 9.53. The Morgan fingerprint density at radius 2 is 2.14 bits per heavy atom. The average molecular weight is 506 g/mol. The van der Waals surface area contributed by atoms with Crippen LogP contribution in [0.25, 0.3) is 5.82 Å². The molecule has 1 aliphatic heterocycles. The van der Waals surface area contributed by atoms with Gasteiger partial charge in [0.25, 0.3) is 0 Å². The van der Waals surface area contributed by atoms with E-state index in [9.17, 15) is 0 Å². The molecule has 1 fully saturated rings. The number of guanidine groups is 1. The van der Waals surface area contributed by atoms with Gasteiger partial charge in [-0.2, -0.15) is 5.10 Å². The lowest BCUT2D eigenvalue weighted by Gasteiger charge is -2.21. The van der Waals surface area contributed by atoms with Gasteiger partial charge in [-0.1, -0.05) is 6.07 Å². The third kappa shape index (κ3) is 4.77. The number of halogens is 1. The number of likely N-dealkylation sites (tertiary alicyclic amines) is 1. The highest BCUT2D eigenvalue weighted by molar-refractivity contribution is 14.0. The minimum Gasteiger partial charge on any atom is -0.352 e. The third-order valence-corrected chi connectivity index (χ3v) is 5.23. The van der Waals surface area contributed by atoms with Crippen molar-refractivity contribution in [1.82, 2.24) is 34.5 Å². The lowest BCUT2D eigenvalue weighted by atomic mass is 10.0. The summed E-state index contributed by atoms with van der Waals surface area (Å²) in [4.78, 5) is 15.6. The van der Waals surface area contributed by atoms with Crippen LogP contribution in [0.2, 0.25) is 0 Å². The summed E-state index contributed by atoms with van der Waals surface area (Å²) in [5, 5.41) is 7.76. The van der Waals surface area contributed by atoms with Gasteiger partial charge in [-0.15, -0.1) is 24.0 Å². The fourth-order valence-corrected chi connectivity index (χ4v) is 3.67. The van der Waals surface area contributed by atoms with E-state index < -0.39 is 0 Å². The molecule has 1 unspecified atom stereocenters. The van der Waals surface area contributed by atoms with Crippen molar-refractivity contribution in [3.8, 4) is 5.82 Å². The molecule has 0 radical (unpaired) electrons. The second-order valence-electron chi connectivity index (χ2n) is 7.15. The van der Waals surface area contributed by atoms with Crippen molar-refractivity contribution in [1.29, 1.82) is 0 Å². The normalized spacial score (nSPS) is 16.7. The highest BCUT2D eigenvalue weighted by Crippen LogP contribution is 2.26. The van der Waals surface area contributed by atoms with Gasteiger partial charge >= 0.3 is 0 Å². The molecule has 4 rings (SSSR count). The standard InChI is InChI=1S/C20H26N8.HI/c1-15-22-7-9-28(15)19-5-4-16(10-23-19)11-24-20(21-2)27-8-6-17(14-27)18-12-25-26(3)13-18;/h4-5,7,9-10,12-13,17H,6,8,11,14H2,1-3H3,(H,21,24);1H. The maximum Gasteiger partial charge on any atom is 0.193 e. The summed E-state index contributed by atoms with van der Waals surface area (Å²) in [6.45, 7) is 4.62. The molecule has 0 aromatic carbocycles. The number of pyridine rings is 1. The molecule has 0 bridgehead atoms. The molecule has 0 saturated carbocycles. The van der Waals surface area contributed by atoms with Gasteiger partial charge in [-0.3, -0.25) is 14.2 Å². The largest absolute Gasteiger partial charge is 0.352 e. The van der Waals surface area contributed by atoms with Gasteiger partial charge in [0.2, 0.25) is 0 Å². The number of hydrogen-bond donors (Lipinski definition) is 1. The summed E-state index contributed by atoms with van der Waals surface area (Å²) in [5.41, 5.74) is 2.42. The fraction of sp³-hybridized carbons (Fsp3) is 0.400. The molecule has 0 aliphatic carbocycles. The molecule has 8 nitrogen and oxygen atoms in total. The van der Waals surface area contributed by atoms with E-state index in [1.54, 1.807) is 6.20 Å². The molecular weight excluding hydrogens is 479 g/mol. The Balaban J connectivity index is 0.00000240. The zero-order valence-electron chi connectivity index (χ0n) is 17.0. The predicted octanol–water partition coefficient (Wildman–Crippen LogP) is 2.49. The summed E-state index contributed by atoms with van der Waals surface area (Å²) in [7, 11) is 3.80. The molecular formula is C20H27IN8. The van der Waals surface area contributed by atoms with E-state index in [4.69, 9.17) is 0 Å². The maximum absolute atomic E-state index is 4.56. The van der Waals surface area contributed by atoms with Gasteiger partial charge in [0, 0.05) is 64.4 Å². The van der Waals surface area contributed by atoms with Crippen molar-refractivity contribution in [3.05, 3.63) is 60.1 Å². The second kappa shape index (κ2) is 9.38. The van der Waals surface area contributed by atoms with E-state index in [2.05, 4.69) is 42.5 Å². The molecule has 1 saturated heterocycles. The highest BCUT2D eigenvalue weighted by Gasteiger charge is 2.26. The number of aryl methyl sites for hydroxylation is 2. The molecule has 4 heterocycles. The summed E-state index contributed by atoms with van der Waals surface area (Å²) < 4.78 is 3.84. The van der Waals surface area contributed by atoms with Crippen molar-refractivity contribution in [2.75, 3.05) is 20.1 Å². The number of aliphatic imine (C=N–C) groups is 1. The first-order valence-electron chi connectivity index (χ1n) is 9.53. The third-order valence-electron chi connectivity index (χ3n) is 5.23. The van der Waals surface area contributed by atoms with Crippen molar-refractivity contribution in [2.45, 2.75) is 25.8 Å². The van der Waals surface area contributed by atoms with E-state index in [0.29, 0.717) is 12.5 Å². The van der Waals surface area contributed by atoms with Crippen LogP contribution in [0.5, 0.6) is 0 Å². The second-order valence-corrected chi connectivity index (χ2v) is 7.15. The van der Waals surface area contributed by atoms with Crippen molar-refractivity contribution < 1.29 is 0 Å². The van der Waals surface area contributed by atoms with E-state index in [-0.39, 0.29) is 24.0 Å². The van der Waals surface area contributed by atoms with Gasteiger partial charge in [0.05, 0.1) is 6.20 Å². The molecule has 9 heteroatoms. The molecule has 0 amide bonds. The van der Waals surface area contributed by atoms with Crippen LogP contribution >= 0.6 is 24.0 Å². The summed E-state index contributed by atoms with van der Waals surface area (Å²) in [6, 6.07) is 4.10. The molecule has 1 aliphatic rings. The SMILES string of the molecule is CN=C(NCc1ccc(-n2ccnc2C)nc1)N1CCC(c2cnn(C)c2)C1.I. The fourth-order valence-electron chi connectivity index (χ4n) is 3.67. The summed E-state index contributed by atoms with van der Waals surface area (Å²) in [5.74, 6) is 3.24. The molecule has 3 aromatic rings. The number of rotatable bonds is 4. The van der Waals surface area contributed by atoms with Crippen LogP contribution in [0, 0.1) is 6.92 Å². The van der Waals surface area contributed by atoms with Gasteiger partial charge in [-0.25, -0.2) is 9.97 Å². The van der Waals surface area contributed by atoms with Crippen LogP contribution in [0.15, 0.2) is 48.1 Å². The quantitative estimate of drug-likeness (QED) is 0.335. The first kappa shape index (κ1) is 21.3. The lowest BCUT2D eigenvalue weighted by molar-refractivity contribution is 0.485. The Morgan fingerprint density at radius 1 is 1.28 bits per heavy atom. The topological polar surface area (TPSA) is 76.2 Å². The van der Waals surface area contributed by atoms with Gasteiger partial charge in [0.15, 0.2) is 5.96 Å². The molecule has 1 N–H and O–H groups in total. The Hall–Kier alpha value is -2.43. The number of hydrogen-bond acceptors (Lipinski definition) is 4. The smallest absolute Gasteiger partial charge is 0.193 e. The number of nitrogens with zero attached hydrogens (tertiary/aromatic N) is 7. The minimum atomic E-state index is 0. The van der Waals surface area contributed by atoms with E-state index in [1.807, 2.05) is 54.9 Å². The van der Waals surface area contributed by atoms with Crippen LogP contribution in [-0.4, -0.2) is 55.3 Å². The maximum atomic E-state index is 4.56. The monoisotopic (exact) mass is 506 g/mol. The number of aromatic nitrogens is 5. The zero-order valence-corrected chi connectivity index (χ0v) is 19.3. The molecule has 154 valence electrons. The Bertz CT molecular complexity index is 959. The van der Waals surface area contributed by atoms with Crippen molar-refractivity contribution >= 4 is 29.9 Å². The van der Waals surface area contributed by atoms with Crippen molar-refractivity contribution in [3.63, 3.8) is 0 Å². The van der Waals surface area contributed by atoms with Gasteiger partial charge < -0.3 is 10.2 Å². The molecule has 3 aromatic heterocycles. The summed E-state index contributed by atoms with van der Waals surface area (Å²) >= 11 is 0. The van der Waals surface area contributed by atoms with E-state index >= 15 is 0 Å². The molecule has 1 atom stereocenters. The Morgan fingerprint density at radius 3 is 2.76 bits per heavy atom. The van der Waals surface area contributed by atoms with Crippen LogP contribution in [-0.2, 0) is 13.6 Å². The van der Waals surface area contributed by atoms with E-state index in [1.165, 1.54) is 5.56 Å². The van der Waals surface area contributed by atoms with Crippen LogP contribution < -0.4 is 5.32 Å². The van der Waals surface area contributed by atoms with Gasteiger partial charge in [0.1, 0.15) is 11.6 Å². The average Bonchev–Trinajstić information content (AvgIpc) is 3.44. The molecule has 0 spiro atoms. The van der Waals surface area contributed by atoms with Crippen LogP contribution in [0.4, 0.5) is 0 Å².